The van der Waals surface area contributed by atoms with Gasteiger partial charge in [0.25, 0.3) is 0 Å². The number of nitrogens with zero attached hydrogens (tertiary/aromatic N) is 3. The molecule has 0 unspecified atom stereocenters. The van der Waals surface area contributed by atoms with Crippen LogP contribution in [-0.4, -0.2) is 51.4 Å². The summed E-state index contributed by atoms with van der Waals surface area (Å²) in [6.07, 6.45) is -0.148. The van der Waals surface area contributed by atoms with Crippen LogP contribution < -0.4 is 0 Å². The van der Waals surface area contributed by atoms with E-state index in [1.54, 1.807) is 0 Å². The zero-order valence-corrected chi connectivity index (χ0v) is 13.0. The molecule has 1 fully saturated rings. The quantitative estimate of drug-likeness (QED) is 0.893. The maximum absolute atomic E-state index is 10.8. The van der Waals surface area contributed by atoms with E-state index in [1.807, 2.05) is 44.2 Å². The predicted octanol–water partition coefficient (Wildman–Crippen LogP) is 1.39. The standard InChI is InChI=1S/C16H22N4O2/c1-12-17-15(19-18-12)14-10-20(8-9-22-14)11-16(2,21)13-6-4-3-5-7-13/h3-7,14,21H,8-11H2,1-2H3,(H,17,18,19)/t14-,16+/m1/s1. The molecule has 118 valence electrons. The molecule has 1 aliphatic heterocycles. The van der Waals surface area contributed by atoms with Crippen molar-refractivity contribution in [3.8, 4) is 0 Å². The Bertz CT molecular complexity index is 612. The third-order valence-corrected chi connectivity index (χ3v) is 3.98. The van der Waals surface area contributed by atoms with E-state index in [0.29, 0.717) is 25.5 Å². The normalized spacial score (nSPS) is 22.4. The van der Waals surface area contributed by atoms with Gasteiger partial charge < -0.3 is 9.84 Å². The Balaban J connectivity index is 1.67. The molecule has 1 aliphatic rings. The number of hydrogen-bond acceptors (Lipinski definition) is 5. The lowest BCUT2D eigenvalue weighted by Crippen LogP contribution is -2.45. The van der Waals surface area contributed by atoms with Crippen LogP contribution in [0.1, 0.15) is 30.2 Å². The van der Waals surface area contributed by atoms with Crippen molar-refractivity contribution in [3.05, 3.63) is 47.5 Å². The zero-order chi connectivity index (χ0) is 15.6. The highest BCUT2D eigenvalue weighted by atomic mass is 16.5. The number of β-amino-alcohol motifs (C(OH)–C–C–N with tert-alkyl or cyclic N) is 1. The minimum Gasteiger partial charge on any atom is -0.384 e. The van der Waals surface area contributed by atoms with E-state index < -0.39 is 5.60 Å². The Morgan fingerprint density at radius 1 is 1.41 bits per heavy atom. The maximum atomic E-state index is 10.8. The van der Waals surface area contributed by atoms with E-state index in [0.717, 1.165) is 17.9 Å². The van der Waals surface area contributed by atoms with Crippen molar-refractivity contribution in [2.24, 2.45) is 0 Å². The Labute approximate surface area is 130 Å². The van der Waals surface area contributed by atoms with Crippen LogP contribution >= 0.6 is 0 Å². The first-order valence-electron chi connectivity index (χ1n) is 7.55. The van der Waals surface area contributed by atoms with Gasteiger partial charge in [-0.05, 0) is 19.4 Å². The smallest absolute Gasteiger partial charge is 0.180 e. The average Bonchev–Trinajstić information content (AvgIpc) is 2.95. The van der Waals surface area contributed by atoms with Gasteiger partial charge in [0.1, 0.15) is 11.9 Å². The summed E-state index contributed by atoms with van der Waals surface area (Å²) in [6.45, 7) is 6.37. The van der Waals surface area contributed by atoms with Gasteiger partial charge in [-0.25, -0.2) is 4.98 Å². The number of H-pyrrole nitrogens is 1. The molecule has 0 amide bonds. The summed E-state index contributed by atoms with van der Waals surface area (Å²) in [4.78, 5) is 6.54. The van der Waals surface area contributed by atoms with Gasteiger partial charge in [-0.15, -0.1) is 0 Å². The van der Waals surface area contributed by atoms with Gasteiger partial charge in [-0.3, -0.25) is 10.00 Å². The highest BCUT2D eigenvalue weighted by molar-refractivity contribution is 5.21. The molecule has 2 N–H and O–H groups in total. The summed E-state index contributed by atoms with van der Waals surface area (Å²) in [7, 11) is 0. The van der Waals surface area contributed by atoms with Crippen LogP contribution in [0.15, 0.2) is 30.3 Å². The van der Waals surface area contributed by atoms with Crippen molar-refractivity contribution < 1.29 is 9.84 Å². The van der Waals surface area contributed by atoms with Crippen LogP contribution in [0.4, 0.5) is 0 Å². The second-order valence-electron chi connectivity index (χ2n) is 6.01. The summed E-state index contributed by atoms with van der Waals surface area (Å²) in [5, 5.41) is 17.8. The SMILES string of the molecule is Cc1nc([C@H]2CN(C[C@](C)(O)c3ccccc3)CCO2)n[nH]1. The van der Waals surface area contributed by atoms with Crippen LogP contribution in [0, 0.1) is 6.92 Å². The summed E-state index contributed by atoms with van der Waals surface area (Å²) in [6, 6.07) is 9.76. The van der Waals surface area contributed by atoms with Crippen molar-refractivity contribution in [2.75, 3.05) is 26.2 Å². The van der Waals surface area contributed by atoms with Crippen LogP contribution in [0.3, 0.4) is 0 Å². The van der Waals surface area contributed by atoms with E-state index >= 15 is 0 Å². The third-order valence-electron chi connectivity index (χ3n) is 3.98. The maximum Gasteiger partial charge on any atom is 0.180 e. The molecule has 0 bridgehead atoms. The second kappa shape index (κ2) is 6.16. The molecule has 2 aromatic rings. The van der Waals surface area contributed by atoms with Gasteiger partial charge in [0.15, 0.2) is 5.82 Å². The fourth-order valence-electron chi connectivity index (χ4n) is 2.83. The molecule has 1 aromatic carbocycles. The van der Waals surface area contributed by atoms with Gasteiger partial charge in [0, 0.05) is 19.6 Å². The average molecular weight is 302 g/mol. The van der Waals surface area contributed by atoms with Gasteiger partial charge in [0.05, 0.1) is 12.2 Å². The zero-order valence-electron chi connectivity index (χ0n) is 13.0. The number of rotatable bonds is 4. The monoisotopic (exact) mass is 302 g/mol. The van der Waals surface area contributed by atoms with E-state index in [1.165, 1.54) is 0 Å². The van der Waals surface area contributed by atoms with Crippen molar-refractivity contribution in [1.82, 2.24) is 20.1 Å². The van der Waals surface area contributed by atoms with Crippen LogP contribution in [-0.2, 0) is 10.3 Å². The minimum atomic E-state index is -0.891. The Hall–Kier alpha value is -1.76. The molecular weight excluding hydrogens is 280 g/mol. The van der Waals surface area contributed by atoms with E-state index in [-0.39, 0.29) is 6.10 Å². The first-order valence-corrected chi connectivity index (χ1v) is 7.55. The number of aromatic nitrogens is 3. The largest absolute Gasteiger partial charge is 0.384 e. The number of ether oxygens (including phenoxy) is 1. The van der Waals surface area contributed by atoms with Gasteiger partial charge in [-0.2, -0.15) is 5.10 Å². The summed E-state index contributed by atoms with van der Waals surface area (Å²) in [5.41, 5.74) is 0.0321. The van der Waals surface area contributed by atoms with Crippen molar-refractivity contribution >= 4 is 0 Å². The molecule has 0 spiro atoms. The van der Waals surface area contributed by atoms with Crippen LogP contribution in [0.5, 0.6) is 0 Å². The highest BCUT2D eigenvalue weighted by Crippen LogP contribution is 2.25. The Morgan fingerprint density at radius 2 is 2.18 bits per heavy atom. The Kier molecular flexibility index (Phi) is 4.24. The molecule has 6 heteroatoms. The molecule has 1 saturated heterocycles. The highest BCUT2D eigenvalue weighted by Gasteiger charge is 2.31. The molecule has 2 atom stereocenters. The lowest BCUT2D eigenvalue weighted by Gasteiger charge is -2.36. The molecule has 1 aromatic heterocycles. The van der Waals surface area contributed by atoms with Crippen molar-refractivity contribution in [1.29, 1.82) is 0 Å². The van der Waals surface area contributed by atoms with Gasteiger partial charge in [-0.1, -0.05) is 30.3 Å². The van der Waals surface area contributed by atoms with Crippen molar-refractivity contribution in [2.45, 2.75) is 25.6 Å². The second-order valence-corrected chi connectivity index (χ2v) is 6.01. The molecule has 0 saturated carbocycles. The van der Waals surface area contributed by atoms with Gasteiger partial charge >= 0.3 is 0 Å². The third kappa shape index (κ3) is 3.35. The predicted molar refractivity (Wildman–Crippen MR) is 82.3 cm³/mol. The number of aliphatic hydroxyl groups is 1. The summed E-state index contributed by atoms with van der Waals surface area (Å²) < 4.78 is 5.76. The Morgan fingerprint density at radius 3 is 2.86 bits per heavy atom. The summed E-state index contributed by atoms with van der Waals surface area (Å²) in [5.74, 6) is 1.47. The minimum absolute atomic E-state index is 0.148. The molecule has 0 radical (unpaired) electrons. The number of hydrogen-bond donors (Lipinski definition) is 2. The molecular formula is C16H22N4O2. The number of nitrogens with one attached hydrogen (secondary N) is 1. The molecule has 6 nitrogen and oxygen atoms in total. The fourth-order valence-corrected chi connectivity index (χ4v) is 2.83. The number of aryl methyl sites for hydroxylation is 1. The molecule has 22 heavy (non-hydrogen) atoms. The summed E-state index contributed by atoms with van der Waals surface area (Å²) >= 11 is 0. The van der Waals surface area contributed by atoms with E-state index in [2.05, 4.69) is 20.1 Å². The first-order chi connectivity index (χ1) is 10.5. The molecule has 2 heterocycles. The van der Waals surface area contributed by atoms with Crippen molar-refractivity contribution in [3.63, 3.8) is 0 Å². The van der Waals surface area contributed by atoms with Crippen LogP contribution in [0.25, 0.3) is 0 Å². The lowest BCUT2D eigenvalue weighted by molar-refractivity contribution is -0.0654. The molecule has 3 rings (SSSR count). The lowest BCUT2D eigenvalue weighted by atomic mass is 9.95. The molecule has 0 aliphatic carbocycles. The van der Waals surface area contributed by atoms with E-state index in [9.17, 15) is 5.11 Å². The van der Waals surface area contributed by atoms with Gasteiger partial charge in [0.2, 0.25) is 0 Å². The number of morpholine rings is 1. The topological polar surface area (TPSA) is 74.3 Å². The number of benzene rings is 1. The van der Waals surface area contributed by atoms with E-state index in [4.69, 9.17) is 4.74 Å². The van der Waals surface area contributed by atoms with Crippen LogP contribution in [0.2, 0.25) is 0 Å². The number of aromatic amines is 1. The fraction of sp³-hybridized carbons (Fsp3) is 0.500. The first kappa shape index (κ1) is 15.1.